The number of aromatic nitrogens is 1. The number of carboxylic acid groups (broad SMARTS) is 1. The second-order valence-electron chi connectivity index (χ2n) is 12.4. The average Bonchev–Trinajstić information content (AvgIpc) is 3.37. The number of aromatic amines is 1. The molecule has 3 aromatic rings. The molecule has 2 aromatic carbocycles. The molecule has 260 valence electrons. The van der Waals surface area contributed by atoms with Crippen molar-refractivity contribution in [2.75, 3.05) is 0 Å². The molecular formula is C33H44N6O8S. The number of hydrogen-bond acceptors (Lipinski definition) is 7. The molecular weight excluding hydrogens is 640 g/mol. The standard InChI is InChI=1S/C33H44N6O8S/c1-17(2)11-26(37-31(43)21(6)39-48(46,47)29-19(4)12-18(3)13-20(29)5)32(44)38-27(33(45)36-25(30(34)42)15-28(40)41)14-22-16-35-24-10-8-7-9-23(22)24/h7-10,12-13,16-17,21,25-27,35,39H,11,14-15H2,1-6H3,(H2,34,42)(H,36,45)(H,37,43)(H,38,44)(H,40,41)/t21-,25-,26-,27-/m0/s1. The van der Waals surface area contributed by atoms with Gasteiger partial charge in [0.1, 0.15) is 18.1 Å². The fourth-order valence-corrected chi connectivity index (χ4v) is 7.26. The van der Waals surface area contributed by atoms with E-state index in [9.17, 15) is 37.5 Å². The van der Waals surface area contributed by atoms with E-state index < -0.39 is 70.2 Å². The highest BCUT2D eigenvalue weighted by Crippen LogP contribution is 2.22. The van der Waals surface area contributed by atoms with Gasteiger partial charge in [0, 0.05) is 23.5 Å². The topological polar surface area (TPSA) is 230 Å². The normalized spacial score (nSPS) is 14.1. The van der Waals surface area contributed by atoms with Crippen LogP contribution in [0.1, 0.15) is 55.9 Å². The average molecular weight is 685 g/mol. The van der Waals surface area contributed by atoms with Gasteiger partial charge in [0.2, 0.25) is 33.7 Å². The van der Waals surface area contributed by atoms with Gasteiger partial charge >= 0.3 is 5.97 Å². The minimum Gasteiger partial charge on any atom is -0.481 e. The van der Waals surface area contributed by atoms with Gasteiger partial charge in [-0.05, 0) is 62.8 Å². The number of primary amides is 1. The summed E-state index contributed by atoms with van der Waals surface area (Å²) in [4.78, 5) is 66.9. The minimum absolute atomic E-state index is 0.0616. The number of para-hydroxylation sites is 1. The molecule has 4 atom stereocenters. The lowest BCUT2D eigenvalue weighted by Crippen LogP contribution is -2.58. The third-order valence-corrected chi connectivity index (χ3v) is 9.55. The number of nitrogens with one attached hydrogen (secondary N) is 5. The predicted molar refractivity (Wildman–Crippen MR) is 179 cm³/mol. The Kier molecular flexibility index (Phi) is 12.5. The molecule has 15 heteroatoms. The molecule has 0 radical (unpaired) electrons. The number of H-pyrrole nitrogens is 1. The van der Waals surface area contributed by atoms with Crippen molar-refractivity contribution in [1.29, 1.82) is 0 Å². The van der Waals surface area contributed by atoms with Crippen LogP contribution in [0.15, 0.2) is 47.5 Å². The molecule has 1 aromatic heterocycles. The number of hydrogen-bond donors (Lipinski definition) is 7. The molecule has 0 unspecified atom stereocenters. The summed E-state index contributed by atoms with van der Waals surface area (Å²) in [5.41, 5.74) is 8.68. The van der Waals surface area contributed by atoms with Gasteiger partial charge in [-0.15, -0.1) is 0 Å². The predicted octanol–water partition coefficient (Wildman–Crippen LogP) is 1.46. The molecule has 0 aliphatic rings. The van der Waals surface area contributed by atoms with Crippen LogP contribution in [-0.2, 0) is 40.4 Å². The van der Waals surface area contributed by atoms with Gasteiger partial charge in [0.05, 0.1) is 17.4 Å². The lowest BCUT2D eigenvalue weighted by atomic mass is 10.00. The molecule has 48 heavy (non-hydrogen) atoms. The number of carbonyl (C=O) groups is 5. The first kappa shape index (κ1) is 37.7. The Hall–Kier alpha value is -4.76. The number of fused-ring (bicyclic) bond motifs is 1. The van der Waals surface area contributed by atoms with Crippen molar-refractivity contribution in [3.05, 3.63) is 64.8 Å². The zero-order valence-corrected chi connectivity index (χ0v) is 28.7. The van der Waals surface area contributed by atoms with Crippen molar-refractivity contribution in [2.45, 2.75) is 89.9 Å². The summed E-state index contributed by atoms with van der Waals surface area (Å²) in [7, 11) is -4.11. The highest BCUT2D eigenvalue weighted by molar-refractivity contribution is 7.89. The van der Waals surface area contributed by atoms with Crippen LogP contribution in [0.4, 0.5) is 0 Å². The van der Waals surface area contributed by atoms with E-state index in [1.807, 2.05) is 39.0 Å². The van der Waals surface area contributed by atoms with Crippen LogP contribution in [-0.4, -0.2) is 72.3 Å². The molecule has 0 aliphatic carbocycles. The molecule has 0 fully saturated rings. The van der Waals surface area contributed by atoms with E-state index >= 15 is 0 Å². The van der Waals surface area contributed by atoms with E-state index in [4.69, 9.17) is 5.73 Å². The number of sulfonamides is 1. The number of carboxylic acids is 1. The summed E-state index contributed by atoms with van der Waals surface area (Å²) in [5.74, 6) is -4.92. The Labute approximate surface area is 279 Å². The number of aryl methyl sites for hydroxylation is 3. The van der Waals surface area contributed by atoms with Crippen LogP contribution >= 0.6 is 0 Å². The number of aliphatic carboxylic acids is 1. The van der Waals surface area contributed by atoms with Gasteiger partial charge in [-0.3, -0.25) is 24.0 Å². The molecule has 0 bridgehead atoms. The Bertz CT molecular complexity index is 1780. The Balaban J connectivity index is 1.86. The summed E-state index contributed by atoms with van der Waals surface area (Å²) in [6.07, 6.45) is 0.973. The van der Waals surface area contributed by atoms with Crippen molar-refractivity contribution in [1.82, 2.24) is 25.7 Å². The SMILES string of the molecule is Cc1cc(C)c(S(=O)(=O)N[C@@H](C)C(=O)N[C@@H](CC(C)C)C(=O)N[C@@H](Cc2c[nH]c3ccccc23)C(=O)N[C@@H](CC(=O)O)C(N)=O)c(C)c1. The van der Waals surface area contributed by atoms with Crippen molar-refractivity contribution in [3.8, 4) is 0 Å². The smallest absolute Gasteiger partial charge is 0.305 e. The first-order valence-electron chi connectivity index (χ1n) is 15.5. The van der Waals surface area contributed by atoms with Crippen LogP contribution < -0.4 is 26.4 Å². The third-order valence-electron chi connectivity index (χ3n) is 7.71. The van der Waals surface area contributed by atoms with Crippen LogP contribution in [0.2, 0.25) is 0 Å². The van der Waals surface area contributed by atoms with E-state index in [-0.39, 0.29) is 23.7 Å². The summed E-state index contributed by atoms with van der Waals surface area (Å²) in [6, 6.07) is 5.41. The number of benzene rings is 2. The zero-order chi connectivity index (χ0) is 35.9. The largest absolute Gasteiger partial charge is 0.481 e. The highest BCUT2D eigenvalue weighted by Gasteiger charge is 2.33. The monoisotopic (exact) mass is 684 g/mol. The van der Waals surface area contributed by atoms with Gasteiger partial charge in [-0.1, -0.05) is 49.7 Å². The van der Waals surface area contributed by atoms with E-state index in [0.29, 0.717) is 16.7 Å². The number of amides is 4. The molecule has 0 spiro atoms. The Morgan fingerprint density at radius 3 is 2.00 bits per heavy atom. The van der Waals surface area contributed by atoms with Crippen molar-refractivity contribution in [3.63, 3.8) is 0 Å². The molecule has 8 N–H and O–H groups in total. The van der Waals surface area contributed by atoms with Crippen molar-refractivity contribution >= 4 is 50.5 Å². The minimum atomic E-state index is -4.11. The molecule has 0 saturated carbocycles. The van der Waals surface area contributed by atoms with Crippen LogP contribution in [0, 0.1) is 26.7 Å². The summed E-state index contributed by atoms with van der Waals surface area (Å²) >= 11 is 0. The van der Waals surface area contributed by atoms with Crippen LogP contribution in [0.3, 0.4) is 0 Å². The van der Waals surface area contributed by atoms with Gasteiger partial charge in [-0.2, -0.15) is 4.72 Å². The molecule has 1 heterocycles. The summed E-state index contributed by atoms with van der Waals surface area (Å²) in [6.45, 7) is 10.2. The van der Waals surface area contributed by atoms with E-state index in [2.05, 4.69) is 25.7 Å². The summed E-state index contributed by atoms with van der Waals surface area (Å²) in [5, 5.41) is 17.5. The number of carbonyl (C=O) groups excluding carboxylic acids is 4. The number of nitrogens with two attached hydrogens (primary N) is 1. The molecule has 14 nitrogen and oxygen atoms in total. The van der Waals surface area contributed by atoms with Crippen molar-refractivity contribution < 1.29 is 37.5 Å². The lowest BCUT2D eigenvalue weighted by molar-refractivity contribution is -0.140. The first-order chi connectivity index (χ1) is 22.4. The lowest BCUT2D eigenvalue weighted by Gasteiger charge is -2.26. The Morgan fingerprint density at radius 2 is 1.42 bits per heavy atom. The second-order valence-corrected chi connectivity index (χ2v) is 14.1. The molecule has 0 saturated heterocycles. The van der Waals surface area contributed by atoms with E-state index in [0.717, 1.165) is 16.5 Å². The molecule has 3 rings (SSSR count). The fraction of sp³-hybridized carbons (Fsp3) is 0.424. The molecule has 4 amide bonds. The summed E-state index contributed by atoms with van der Waals surface area (Å²) < 4.78 is 29.0. The second kappa shape index (κ2) is 15.9. The van der Waals surface area contributed by atoms with E-state index in [1.54, 1.807) is 38.2 Å². The fourth-order valence-electron chi connectivity index (χ4n) is 5.61. The van der Waals surface area contributed by atoms with Gasteiger partial charge in [-0.25, -0.2) is 8.42 Å². The molecule has 0 aliphatic heterocycles. The number of rotatable bonds is 16. The maximum absolute atomic E-state index is 13.7. The van der Waals surface area contributed by atoms with Crippen LogP contribution in [0.5, 0.6) is 0 Å². The van der Waals surface area contributed by atoms with Gasteiger partial charge in [0.15, 0.2) is 0 Å². The maximum atomic E-state index is 13.7. The third kappa shape index (κ3) is 9.87. The van der Waals surface area contributed by atoms with Crippen LogP contribution in [0.25, 0.3) is 10.9 Å². The highest BCUT2D eigenvalue weighted by atomic mass is 32.2. The first-order valence-corrected chi connectivity index (χ1v) is 16.9. The van der Waals surface area contributed by atoms with Gasteiger partial charge < -0.3 is 31.8 Å². The Morgan fingerprint density at radius 1 is 0.854 bits per heavy atom. The maximum Gasteiger partial charge on any atom is 0.305 e. The quantitative estimate of drug-likeness (QED) is 0.117. The zero-order valence-electron chi connectivity index (χ0n) is 27.8. The van der Waals surface area contributed by atoms with E-state index in [1.165, 1.54) is 6.92 Å². The van der Waals surface area contributed by atoms with Gasteiger partial charge in [0.25, 0.3) is 0 Å². The van der Waals surface area contributed by atoms with Crippen molar-refractivity contribution in [2.24, 2.45) is 11.7 Å².